The van der Waals surface area contributed by atoms with Crippen LogP contribution in [0.15, 0.2) is 36.4 Å². The molecule has 1 aromatic carbocycles. The van der Waals surface area contributed by atoms with E-state index in [-0.39, 0.29) is 6.61 Å². The molecule has 0 aliphatic heterocycles. The smallest absolute Gasteiger partial charge is 0.0916 e. The highest BCUT2D eigenvalue weighted by molar-refractivity contribution is 5.67. The monoisotopic (exact) mass is 159 g/mol. The lowest BCUT2D eigenvalue weighted by molar-refractivity contribution is 0.350. The highest BCUT2D eigenvalue weighted by Gasteiger charge is 1.96. The Morgan fingerprint density at radius 1 is 1.42 bits per heavy atom. The van der Waals surface area contributed by atoms with Crippen LogP contribution in [0.3, 0.4) is 0 Å². The molecule has 0 saturated carbocycles. The molecule has 2 nitrogen and oxygen atoms in total. The van der Waals surface area contributed by atoms with E-state index in [0.29, 0.717) is 5.57 Å². The average Bonchev–Trinajstić information content (AvgIpc) is 2.15. The van der Waals surface area contributed by atoms with Crippen molar-refractivity contribution in [3.63, 3.8) is 0 Å². The molecule has 0 saturated heterocycles. The molecule has 0 heterocycles. The number of aliphatic hydroxyl groups is 1. The highest BCUT2D eigenvalue weighted by atomic mass is 16.3. The van der Waals surface area contributed by atoms with Gasteiger partial charge in [0.25, 0.3) is 0 Å². The summed E-state index contributed by atoms with van der Waals surface area (Å²) in [5.41, 5.74) is 1.54. The van der Waals surface area contributed by atoms with Crippen molar-refractivity contribution in [3.05, 3.63) is 42.0 Å². The van der Waals surface area contributed by atoms with E-state index in [1.54, 1.807) is 0 Å². The third kappa shape index (κ3) is 1.94. The van der Waals surface area contributed by atoms with Gasteiger partial charge in [0.1, 0.15) is 0 Å². The van der Waals surface area contributed by atoms with E-state index >= 15 is 0 Å². The second-order valence-electron chi connectivity index (χ2n) is 2.32. The zero-order chi connectivity index (χ0) is 8.81. The summed E-state index contributed by atoms with van der Waals surface area (Å²) >= 11 is 0. The molecule has 0 bridgehead atoms. The van der Waals surface area contributed by atoms with Crippen molar-refractivity contribution in [2.45, 2.75) is 0 Å². The van der Waals surface area contributed by atoms with Crippen molar-refractivity contribution < 1.29 is 5.11 Å². The number of hydrogen-bond acceptors (Lipinski definition) is 2. The van der Waals surface area contributed by atoms with Gasteiger partial charge in [0.05, 0.1) is 12.7 Å². The maximum atomic E-state index is 8.89. The molecule has 0 aliphatic carbocycles. The number of nitrogens with zero attached hydrogens (tertiary/aromatic N) is 1. The minimum Gasteiger partial charge on any atom is -0.392 e. The van der Waals surface area contributed by atoms with Crippen LogP contribution in [0.1, 0.15) is 5.56 Å². The third-order valence-electron chi connectivity index (χ3n) is 1.55. The SMILES string of the molecule is N#C/C=C(/CO)c1ccccc1. The second-order valence-corrected chi connectivity index (χ2v) is 2.32. The summed E-state index contributed by atoms with van der Waals surface area (Å²) in [6.45, 7) is -0.0996. The summed E-state index contributed by atoms with van der Waals surface area (Å²) in [5.74, 6) is 0. The van der Waals surface area contributed by atoms with Crippen LogP contribution in [0, 0.1) is 11.3 Å². The molecular formula is C10H9NO. The number of allylic oxidation sites excluding steroid dienone is 1. The van der Waals surface area contributed by atoms with E-state index < -0.39 is 0 Å². The van der Waals surface area contributed by atoms with E-state index in [2.05, 4.69) is 0 Å². The third-order valence-corrected chi connectivity index (χ3v) is 1.55. The van der Waals surface area contributed by atoms with Gasteiger partial charge in [-0.15, -0.1) is 0 Å². The fraction of sp³-hybridized carbons (Fsp3) is 0.100. The maximum Gasteiger partial charge on any atom is 0.0916 e. The van der Waals surface area contributed by atoms with Gasteiger partial charge < -0.3 is 5.11 Å². The van der Waals surface area contributed by atoms with Gasteiger partial charge in [0.2, 0.25) is 0 Å². The lowest BCUT2D eigenvalue weighted by atomic mass is 10.1. The number of benzene rings is 1. The highest BCUT2D eigenvalue weighted by Crippen LogP contribution is 2.11. The number of nitriles is 1. The summed E-state index contributed by atoms with van der Waals surface area (Å²) < 4.78 is 0. The Hall–Kier alpha value is -1.59. The zero-order valence-corrected chi connectivity index (χ0v) is 6.57. The molecule has 0 radical (unpaired) electrons. The molecule has 1 N–H and O–H groups in total. The van der Waals surface area contributed by atoms with Crippen molar-refractivity contribution in [1.29, 1.82) is 5.26 Å². The van der Waals surface area contributed by atoms with E-state index in [0.717, 1.165) is 5.56 Å². The number of hydrogen-bond donors (Lipinski definition) is 1. The van der Waals surface area contributed by atoms with Gasteiger partial charge in [-0.2, -0.15) is 5.26 Å². The van der Waals surface area contributed by atoms with E-state index in [4.69, 9.17) is 10.4 Å². The van der Waals surface area contributed by atoms with E-state index in [9.17, 15) is 0 Å². The molecule has 60 valence electrons. The fourth-order valence-corrected chi connectivity index (χ4v) is 0.950. The summed E-state index contributed by atoms with van der Waals surface area (Å²) in [4.78, 5) is 0. The van der Waals surface area contributed by atoms with Crippen LogP contribution in [0.4, 0.5) is 0 Å². The predicted octanol–water partition coefficient (Wildman–Crippen LogP) is 1.59. The summed E-state index contributed by atoms with van der Waals surface area (Å²) in [7, 11) is 0. The van der Waals surface area contributed by atoms with Crippen LogP contribution in [0.5, 0.6) is 0 Å². The van der Waals surface area contributed by atoms with E-state index in [1.165, 1.54) is 6.08 Å². The molecule has 0 amide bonds. The number of rotatable bonds is 2. The van der Waals surface area contributed by atoms with Crippen LogP contribution in [0.2, 0.25) is 0 Å². The van der Waals surface area contributed by atoms with Gasteiger partial charge in [-0.1, -0.05) is 30.3 Å². The van der Waals surface area contributed by atoms with Crippen molar-refractivity contribution in [3.8, 4) is 6.07 Å². The summed E-state index contributed by atoms with van der Waals surface area (Å²) in [6, 6.07) is 11.3. The summed E-state index contributed by atoms with van der Waals surface area (Å²) in [6.07, 6.45) is 1.36. The molecule has 0 unspecified atom stereocenters. The average molecular weight is 159 g/mol. The molecule has 0 atom stereocenters. The minimum absolute atomic E-state index is 0.0996. The Kier molecular flexibility index (Phi) is 3.06. The molecule has 12 heavy (non-hydrogen) atoms. The molecule has 1 aromatic rings. The first-order valence-electron chi connectivity index (χ1n) is 3.63. The first-order valence-corrected chi connectivity index (χ1v) is 3.63. The van der Waals surface area contributed by atoms with Gasteiger partial charge in [-0.3, -0.25) is 0 Å². The van der Waals surface area contributed by atoms with Crippen molar-refractivity contribution in [2.24, 2.45) is 0 Å². The first-order chi connectivity index (χ1) is 5.88. The fourth-order valence-electron chi connectivity index (χ4n) is 0.950. The van der Waals surface area contributed by atoms with Gasteiger partial charge in [-0.05, 0) is 11.1 Å². The molecular weight excluding hydrogens is 150 g/mol. The Balaban J connectivity index is 2.98. The molecule has 0 aliphatic rings. The predicted molar refractivity (Wildman–Crippen MR) is 47.1 cm³/mol. The van der Waals surface area contributed by atoms with Crippen LogP contribution in [-0.4, -0.2) is 11.7 Å². The van der Waals surface area contributed by atoms with Gasteiger partial charge in [0, 0.05) is 6.08 Å². The van der Waals surface area contributed by atoms with Crippen LogP contribution < -0.4 is 0 Å². The zero-order valence-electron chi connectivity index (χ0n) is 6.57. The second kappa shape index (κ2) is 4.32. The molecule has 0 spiro atoms. The molecule has 0 aromatic heterocycles. The van der Waals surface area contributed by atoms with Gasteiger partial charge >= 0.3 is 0 Å². The van der Waals surface area contributed by atoms with Gasteiger partial charge in [0.15, 0.2) is 0 Å². The Bertz CT molecular complexity index is 308. The Morgan fingerprint density at radius 2 is 2.08 bits per heavy atom. The standard InChI is InChI=1S/C10H9NO/c11-7-6-10(8-12)9-4-2-1-3-5-9/h1-6,12H,8H2/b10-6-. The molecule has 0 fully saturated rings. The van der Waals surface area contributed by atoms with Crippen molar-refractivity contribution >= 4 is 5.57 Å². The maximum absolute atomic E-state index is 8.89. The Morgan fingerprint density at radius 3 is 2.58 bits per heavy atom. The normalized spacial score (nSPS) is 10.8. The number of aliphatic hydroxyl groups excluding tert-OH is 1. The van der Waals surface area contributed by atoms with Crippen LogP contribution in [0.25, 0.3) is 5.57 Å². The first kappa shape index (κ1) is 8.51. The van der Waals surface area contributed by atoms with Crippen LogP contribution >= 0.6 is 0 Å². The topological polar surface area (TPSA) is 44.0 Å². The summed E-state index contributed by atoms with van der Waals surface area (Å²) in [5, 5.41) is 17.3. The quantitative estimate of drug-likeness (QED) is 0.666. The van der Waals surface area contributed by atoms with E-state index in [1.807, 2.05) is 36.4 Å². The largest absolute Gasteiger partial charge is 0.392 e. The van der Waals surface area contributed by atoms with Crippen molar-refractivity contribution in [1.82, 2.24) is 0 Å². The van der Waals surface area contributed by atoms with Crippen LogP contribution in [-0.2, 0) is 0 Å². The lowest BCUT2D eigenvalue weighted by Crippen LogP contribution is -1.88. The lowest BCUT2D eigenvalue weighted by Gasteiger charge is -2.00. The molecule has 2 heteroatoms. The Labute approximate surface area is 71.4 Å². The van der Waals surface area contributed by atoms with Gasteiger partial charge in [-0.25, -0.2) is 0 Å². The van der Waals surface area contributed by atoms with Crippen molar-refractivity contribution in [2.75, 3.05) is 6.61 Å². The molecule has 1 rings (SSSR count). The minimum atomic E-state index is -0.0996.